The third kappa shape index (κ3) is 5.27. The first-order valence-corrected chi connectivity index (χ1v) is 11.3. The number of ether oxygens (including phenoxy) is 2. The highest BCUT2D eigenvalue weighted by molar-refractivity contribution is 5.85. The molecule has 0 amide bonds. The second kappa shape index (κ2) is 9.78. The van der Waals surface area contributed by atoms with E-state index in [4.69, 9.17) is 9.84 Å². The average molecular weight is 461 g/mol. The number of hydrogen-bond acceptors (Lipinski definition) is 7. The number of rotatable bonds is 8. The van der Waals surface area contributed by atoms with Crippen LogP contribution in [-0.4, -0.2) is 66.0 Å². The average Bonchev–Trinajstić information content (AvgIpc) is 3.63. The summed E-state index contributed by atoms with van der Waals surface area (Å²) < 4.78 is 26.6. The lowest BCUT2D eigenvalue weighted by Crippen LogP contribution is -2.47. The van der Waals surface area contributed by atoms with E-state index in [9.17, 15) is 14.4 Å². The number of benzene rings is 1. The third-order valence-corrected chi connectivity index (χ3v) is 6.02. The van der Waals surface area contributed by atoms with Crippen molar-refractivity contribution < 1.29 is 28.6 Å². The lowest BCUT2D eigenvalue weighted by atomic mass is 10.1. The number of nitrogens with zero attached hydrogens (tertiary/aromatic N) is 3. The van der Waals surface area contributed by atoms with Gasteiger partial charge in [0, 0.05) is 38.8 Å². The van der Waals surface area contributed by atoms with Crippen LogP contribution in [0.4, 0.5) is 14.9 Å². The summed E-state index contributed by atoms with van der Waals surface area (Å²) in [6.45, 7) is 5.51. The van der Waals surface area contributed by atoms with Gasteiger partial charge in [0.2, 0.25) is 5.43 Å². The van der Waals surface area contributed by atoms with E-state index < -0.39 is 17.4 Å². The molecule has 33 heavy (non-hydrogen) atoms. The molecule has 0 unspecified atom stereocenters. The molecule has 1 saturated carbocycles. The van der Waals surface area contributed by atoms with Gasteiger partial charge in [-0.1, -0.05) is 6.92 Å². The van der Waals surface area contributed by atoms with Crippen molar-refractivity contribution in [1.82, 2.24) is 9.47 Å². The fraction of sp³-hybridized carbons (Fsp3) is 0.522. The topological polar surface area (TPSA) is 101 Å². The van der Waals surface area contributed by atoms with E-state index in [1.54, 1.807) is 6.07 Å². The number of hydrogen-bond donors (Lipinski definition) is 1. The Kier molecular flexibility index (Phi) is 6.83. The summed E-state index contributed by atoms with van der Waals surface area (Å²) >= 11 is 0. The maximum atomic E-state index is 15.1. The molecular formula is C23H28FN3O6. The minimum atomic E-state index is -1.58. The molecule has 2 fully saturated rings. The van der Waals surface area contributed by atoms with Crippen molar-refractivity contribution in [2.75, 3.05) is 44.2 Å². The molecule has 0 atom stereocenters. The van der Waals surface area contributed by atoms with Gasteiger partial charge < -0.3 is 24.0 Å². The highest BCUT2D eigenvalue weighted by atomic mass is 19.1. The molecule has 1 aliphatic carbocycles. The fourth-order valence-electron chi connectivity index (χ4n) is 4.15. The summed E-state index contributed by atoms with van der Waals surface area (Å²) in [7, 11) is 0. The van der Waals surface area contributed by atoms with Crippen molar-refractivity contribution in [1.29, 1.82) is 0 Å². The van der Waals surface area contributed by atoms with Gasteiger partial charge in [0.25, 0.3) is 0 Å². The van der Waals surface area contributed by atoms with E-state index >= 15 is 4.39 Å². The zero-order valence-corrected chi connectivity index (χ0v) is 18.6. The predicted molar refractivity (Wildman–Crippen MR) is 120 cm³/mol. The molecule has 178 valence electrons. The number of carbonyl (C=O) groups excluding carboxylic acids is 1. The highest BCUT2D eigenvalue weighted by Gasteiger charge is 2.28. The smallest absolute Gasteiger partial charge is 0.466 e. The number of aromatic nitrogens is 1. The standard InChI is InChI=1S/C23H28FN3O6/c1-2-11-32-21(28)5-6-25-7-9-26(10-8-25)19-13-18-16(12-17(19)24)22(29)20(33-23(30)31)14-27(18)15-3-4-15/h12-15H,2-11H2,1H3,(H,30,31). The zero-order chi connectivity index (χ0) is 23.5. The van der Waals surface area contributed by atoms with E-state index in [2.05, 4.69) is 9.64 Å². The monoisotopic (exact) mass is 461 g/mol. The maximum Gasteiger partial charge on any atom is 0.511 e. The molecular weight excluding hydrogens is 433 g/mol. The number of anilines is 1. The molecule has 1 saturated heterocycles. The van der Waals surface area contributed by atoms with Gasteiger partial charge in [-0.2, -0.15) is 0 Å². The van der Waals surface area contributed by atoms with Crippen molar-refractivity contribution in [3.8, 4) is 5.75 Å². The summed E-state index contributed by atoms with van der Waals surface area (Å²) in [6.07, 6.45) is 2.76. The molecule has 2 aliphatic rings. The van der Waals surface area contributed by atoms with E-state index in [0.717, 1.165) is 19.3 Å². The Bertz CT molecular complexity index is 1110. The van der Waals surface area contributed by atoms with Crippen molar-refractivity contribution in [2.24, 2.45) is 0 Å². The Labute approximate surface area is 190 Å². The van der Waals surface area contributed by atoms with E-state index in [0.29, 0.717) is 57.0 Å². The summed E-state index contributed by atoms with van der Waals surface area (Å²) in [5, 5.41) is 9.03. The molecule has 1 aromatic heterocycles. The number of carbonyl (C=O) groups is 2. The Hall–Kier alpha value is -3.14. The number of carboxylic acid groups (broad SMARTS) is 1. The van der Waals surface area contributed by atoms with Crippen LogP contribution in [0.3, 0.4) is 0 Å². The fourth-order valence-corrected chi connectivity index (χ4v) is 4.15. The van der Waals surface area contributed by atoms with Crippen LogP contribution in [0.25, 0.3) is 10.9 Å². The molecule has 4 rings (SSSR count). The van der Waals surface area contributed by atoms with Crippen LogP contribution >= 0.6 is 0 Å². The van der Waals surface area contributed by atoms with E-state index in [1.165, 1.54) is 12.3 Å². The van der Waals surface area contributed by atoms with Gasteiger partial charge in [-0.25, -0.2) is 9.18 Å². The molecule has 1 aliphatic heterocycles. The molecule has 0 spiro atoms. The summed E-state index contributed by atoms with van der Waals surface area (Å²) in [5.41, 5.74) is 0.331. The molecule has 10 heteroatoms. The van der Waals surface area contributed by atoms with E-state index in [-0.39, 0.29) is 23.1 Å². The molecule has 9 nitrogen and oxygen atoms in total. The van der Waals surface area contributed by atoms with Crippen LogP contribution in [0.5, 0.6) is 5.75 Å². The van der Waals surface area contributed by atoms with Crippen molar-refractivity contribution >= 4 is 28.7 Å². The van der Waals surface area contributed by atoms with Crippen LogP contribution in [0.1, 0.15) is 38.6 Å². The molecule has 1 aromatic carbocycles. The van der Waals surface area contributed by atoms with Gasteiger partial charge in [-0.05, 0) is 31.4 Å². The van der Waals surface area contributed by atoms with Gasteiger partial charge >= 0.3 is 12.1 Å². The van der Waals surface area contributed by atoms with Crippen molar-refractivity contribution in [2.45, 2.75) is 38.6 Å². The third-order valence-electron chi connectivity index (χ3n) is 6.02. The number of esters is 1. The number of pyridine rings is 1. The molecule has 2 aromatic rings. The Morgan fingerprint density at radius 3 is 2.55 bits per heavy atom. The van der Waals surface area contributed by atoms with Gasteiger partial charge in [0.05, 0.1) is 35.8 Å². The zero-order valence-electron chi connectivity index (χ0n) is 18.6. The number of halogens is 1. The first-order valence-electron chi connectivity index (χ1n) is 11.3. The Balaban J connectivity index is 1.52. The Morgan fingerprint density at radius 2 is 1.91 bits per heavy atom. The summed E-state index contributed by atoms with van der Waals surface area (Å²) in [4.78, 5) is 39.5. The summed E-state index contributed by atoms with van der Waals surface area (Å²) in [6, 6.07) is 2.98. The second-order valence-electron chi connectivity index (χ2n) is 8.45. The minimum absolute atomic E-state index is 0.103. The predicted octanol–water partition coefficient (Wildman–Crippen LogP) is 3.00. The lowest BCUT2D eigenvalue weighted by molar-refractivity contribution is -0.144. The van der Waals surface area contributed by atoms with Crippen LogP contribution < -0.4 is 15.1 Å². The maximum absolute atomic E-state index is 15.1. The van der Waals surface area contributed by atoms with E-state index in [1.807, 2.05) is 16.4 Å². The van der Waals surface area contributed by atoms with Crippen LogP contribution in [0.2, 0.25) is 0 Å². The molecule has 1 N–H and O–H groups in total. The normalized spacial score (nSPS) is 16.7. The highest BCUT2D eigenvalue weighted by Crippen LogP contribution is 2.39. The van der Waals surface area contributed by atoms with Gasteiger partial charge in [-0.15, -0.1) is 0 Å². The van der Waals surface area contributed by atoms with Gasteiger partial charge in [-0.3, -0.25) is 14.5 Å². The summed E-state index contributed by atoms with van der Waals surface area (Å²) in [5.74, 6) is -1.06. The molecule has 2 heterocycles. The van der Waals surface area contributed by atoms with Gasteiger partial charge in [0.1, 0.15) is 5.82 Å². The first-order chi connectivity index (χ1) is 15.9. The first kappa shape index (κ1) is 23.0. The SMILES string of the molecule is CCCOC(=O)CCN1CCN(c2cc3c(cc2F)c(=O)c(OC(=O)O)cn3C2CC2)CC1. The van der Waals surface area contributed by atoms with Gasteiger partial charge in [0.15, 0.2) is 5.75 Å². The van der Waals surface area contributed by atoms with Crippen LogP contribution in [0.15, 0.2) is 23.1 Å². The van der Waals surface area contributed by atoms with Crippen LogP contribution in [-0.2, 0) is 9.53 Å². The van der Waals surface area contributed by atoms with Crippen molar-refractivity contribution in [3.63, 3.8) is 0 Å². The number of piperazine rings is 1. The Morgan fingerprint density at radius 1 is 1.18 bits per heavy atom. The molecule has 0 radical (unpaired) electrons. The van der Waals surface area contributed by atoms with Crippen molar-refractivity contribution in [3.05, 3.63) is 34.4 Å². The lowest BCUT2D eigenvalue weighted by Gasteiger charge is -2.36. The second-order valence-corrected chi connectivity index (χ2v) is 8.45. The minimum Gasteiger partial charge on any atom is -0.466 e. The largest absolute Gasteiger partial charge is 0.511 e. The van der Waals surface area contributed by atoms with Crippen LogP contribution in [0, 0.1) is 5.82 Å². The molecule has 0 bridgehead atoms. The quantitative estimate of drug-likeness (QED) is 0.599. The number of fused-ring (bicyclic) bond motifs is 1.